The molecule has 5 heteroatoms. The molecule has 1 aliphatic heterocycles. The molecule has 1 saturated heterocycles. The SMILES string of the molecule is CCOc1ccc(C)nc1C(=O)N1C[C@@H]2C[C@@H]2C[C@H]1CO. The molecule has 5 nitrogen and oxygen atoms in total. The summed E-state index contributed by atoms with van der Waals surface area (Å²) in [5.74, 6) is 1.72. The Morgan fingerprint density at radius 1 is 1.43 bits per heavy atom. The molecule has 114 valence electrons. The number of nitrogens with zero attached hydrogens (tertiary/aromatic N) is 2. The first-order valence-electron chi connectivity index (χ1n) is 7.66. The van der Waals surface area contributed by atoms with Gasteiger partial charge in [-0.05, 0) is 50.7 Å². The van der Waals surface area contributed by atoms with E-state index in [0.717, 1.165) is 18.7 Å². The molecule has 0 spiro atoms. The van der Waals surface area contributed by atoms with Crippen LogP contribution < -0.4 is 4.74 Å². The molecule has 2 aliphatic rings. The number of hydrogen-bond acceptors (Lipinski definition) is 4. The Balaban J connectivity index is 1.88. The number of fused-ring (bicyclic) bond motifs is 1. The number of aliphatic hydroxyl groups is 1. The molecule has 21 heavy (non-hydrogen) atoms. The Hall–Kier alpha value is -1.62. The van der Waals surface area contributed by atoms with Crippen molar-refractivity contribution in [3.05, 3.63) is 23.5 Å². The van der Waals surface area contributed by atoms with E-state index in [4.69, 9.17) is 4.74 Å². The van der Waals surface area contributed by atoms with Gasteiger partial charge in [0.2, 0.25) is 0 Å². The number of hydrogen-bond donors (Lipinski definition) is 1. The van der Waals surface area contributed by atoms with Crippen LogP contribution in [0.3, 0.4) is 0 Å². The van der Waals surface area contributed by atoms with Crippen molar-refractivity contribution in [3.8, 4) is 5.75 Å². The van der Waals surface area contributed by atoms with Gasteiger partial charge in [0.25, 0.3) is 5.91 Å². The van der Waals surface area contributed by atoms with Crippen LogP contribution in [0.5, 0.6) is 5.75 Å². The van der Waals surface area contributed by atoms with Crippen LogP contribution in [0.25, 0.3) is 0 Å². The zero-order chi connectivity index (χ0) is 15.0. The van der Waals surface area contributed by atoms with Gasteiger partial charge in [0, 0.05) is 12.2 Å². The summed E-state index contributed by atoms with van der Waals surface area (Å²) in [4.78, 5) is 19.0. The van der Waals surface area contributed by atoms with Gasteiger partial charge in [-0.15, -0.1) is 0 Å². The fourth-order valence-corrected chi connectivity index (χ4v) is 3.23. The highest BCUT2D eigenvalue weighted by molar-refractivity contribution is 5.95. The highest BCUT2D eigenvalue weighted by Crippen LogP contribution is 2.47. The van der Waals surface area contributed by atoms with Crippen LogP contribution in [0, 0.1) is 18.8 Å². The highest BCUT2D eigenvalue weighted by atomic mass is 16.5. The number of likely N-dealkylation sites (tertiary alicyclic amines) is 1. The molecule has 1 aromatic heterocycles. The van der Waals surface area contributed by atoms with Crippen LogP contribution in [0.4, 0.5) is 0 Å². The second-order valence-electron chi connectivity index (χ2n) is 6.02. The first-order valence-corrected chi connectivity index (χ1v) is 7.66. The highest BCUT2D eigenvalue weighted by Gasteiger charge is 2.47. The smallest absolute Gasteiger partial charge is 0.276 e. The fourth-order valence-electron chi connectivity index (χ4n) is 3.23. The topological polar surface area (TPSA) is 62.7 Å². The molecule has 1 N–H and O–H groups in total. The molecule has 2 fully saturated rings. The predicted molar refractivity (Wildman–Crippen MR) is 78.3 cm³/mol. The van der Waals surface area contributed by atoms with Crippen molar-refractivity contribution in [1.82, 2.24) is 9.88 Å². The largest absolute Gasteiger partial charge is 0.491 e. The van der Waals surface area contributed by atoms with E-state index in [1.807, 2.05) is 19.9 Å². The van der Waals surface area contributed by atoms with Gasteiger partial charge in [-0.25, -0.2) is 4.98 Å². The lowest BCUT2D eigenvalue weighted by atomic mass is 10.0. The summed E-state index contributed by atoms with van der Waals surface area (Å²) in [6.07, 6.45) is 2.09. The number of aryl methyl sites for hydroxylation is 1. The lowest BCUT2D eigenvalue weighted by Crippen LogP contribution is -2.47. The van der Waals surface area contributed by atoms with Gasteiger partial charge in [-0.3, -0.25) is 4.79 Å². The summed E-state index contributed by atoms with van der Waals surface area (Å²) in [6.45, 7) is 5.00. The Morgan fingerprint density at radius 2 is 2.24 bits per heavy atom. The maximum atomic E-state index is 12.9. The lowest BCUT2D eigenvalue weighted by Gasteiger charge is -2.34. The third kappa shape index (κ3) is 2.75. The third-order valence-corrected chi connectivity index (χ3v) is 4.49. The molecule has 1 aromatic rings. The molecule has 1 aliphatic carbocycles. The Kier molecular flexibility index (Phi) is 3.85. The first-order chi connectivity index (χ1) is 10.1. The van der Waals surface area contributed by atoms with Crippen molar-refractivity contribution in [2.24, 2.45) is 11.8 Å². The number of ether oxygens (including phenoxy) is 1. The third-order valence-electron chi connectivity index (χ3n) is 4.49. The van der Waals surface area contributed by atoms with Crippen LogP contribution >= 0.6 is 0 Å². The molecule has 2 heterocycles. The normalized spacial score (nSPS) is 27.2. The number of pyridine rings is 1. The van der Waals surface area contributed by atoms with Crippen molar-refractivity contribution in [2.45, 2.75) is 32.7 Å². The number of amides is 1. The van der Waals surface area contributed by atoms with Crippen molar-refractivity contribution in [1.29, 1.82) is 0 Å². The van der Waals surface area contributed by atoms with E-state index in [0.29, 0.717) is 29.9 Å². The quantitative estimate of drug-likeness (QED) is 0.915. The minimum Gasteiger partial charge on any atom is -0.491 e. The molecule has 1 saturated carbocycles. The zero-order valence-electron chi connectivity index (χ0n) is 12.6. The number of rotatable bonds is 4. The molecule has 0 unspecified atom stereocenters. The molecule has 0 bridgehead atoms. The number of carbonyl (C=O) groups is 1. The summed E-state index contributed by atoms with van der Waals surface area (Å²) in [6, 6.07) is 3.56. The molecule has 3 atom stereocenters. The molecule has 0 radical (unpaired) electrons. The molecule has 0 aromatic carbocycles. The average Bonchev–Trinajstić information content (AvgIpc) is 3.25. The lowest BCUT2D eigenvalue weighted by molar-refractivity contribution is 0.0476. The van der Waals surface area contributed by atoms with Gasteiger partial charge in [-0.2, -0.15) is 0 Å². The number of carbonyl (C=O) groups excluding carboxylic acids is 1. The van der Waals surface area contributed by atoms with Crippen molar-refractivity contribution < 1.29 is 14.6 Å². The zero-order valence-corrected chi connectivity index (χ0v) is 12.6. The first kappa shape index (κ1) is 14.3. The fraction of sp³-hybridized carbons (Fsp3) is 0.625. The van der Waals surface area contributed by atoms with Crippen LogP contribution in [0.15, 0.2) is 12.1 Å². The number of aromatic nitrogens is 1. The van der Waals surface area contributed by atoms with E-state index in [9.17, 15) is 9.90 Å². The Morgan fingerprint density at radius 3 is 2.95 bits per heavy atom. The summed E-state index contributed by atoms with van der Waals surface area (Å²) < 4.78 is 5.54. The molecule has 3 rings (SSSR count). The minimum atomic E-state index is -0.119. The summed E-state index contributed by atoms with van der Waals surface area (Å²) in [7, 11) is 0. The minimum absolute atomic E-state index is 0.0186. The van der Waals surface area contributed by atoms with Crippen molar-refractivity contribution in [2.75, 3.05) is 19.8 Å². The van der Waals surface area contributed by atoms with E-state index >= 15 is 0 Å². The van der Waals surface area contributed by atoms with Crippen LogP contribution in [-0.2, 0) is 0 Å². The number of piperidine rings is 1. The van der Waals surface area contributed by atoms with Gasteiger partial charge >= 0.3 is 0 Å². The maximum absolute atomic E-state index is 12.9. The van der Waals surface area contributed by atoms with E-state index < -0.39 is 0 Å². The van der Waals surface area contributed by atoms with E-state index in [1.54, 1.807) is 11.0 Å². The van der Waals surface area contributed by atoms with Gasteiger partial charge in [0.1, 0.15) is 0 Å². The summed E-state index contributed by atoms with van der Waals surface area (Å²) in [5.41, 5.74) is 1.16. The van der Waals surface area contributed by atoms with Gasteiger partial charge in [-0.1, -0.05) is 0 Å². The Bertz CT molecular complexity index is 546. The van der Waals surface area contributed by atoms with E-state index in [1.165, 1.54) is 6.42 Å². The molecular formula is C16H22N2O3. The summed E-state index contributed by atoms with van der Waals surface area (Å²) >= 11 is 0. The standard InChI is InChI=1S/C16H22N2O3/c1-3-21-14-5-4-10(2)17-15(14)16(20)18-8-12-6-11(12)7-13(18)9-19/h4-5,11-13,19H,3,6-9H2,1-2H3/t11-,12+,13+/m1/s1. The van der Waals surface area contributed by atoms with Crippen LogP contribution in [-0.4, -0.2) is 46.7 Å². The monoisotopic (exact) mass is 290 g/mol. The summed E-state index contributed by atoms with van der Waals surface area (Å²) in [5, 5.41) is 9.58. The molecule has 1 amide bonds. The second-order valence-corrected chi connectivity index (χ2v) is 6.02. The average molecular weight is 290 g/mol. The molecular weight excluding hydrogens is 268 g/mol. The van der Waals surface area contributed by atoms with E-state index in [-0.39, 0.29) is 18.6 Å². The van der Waals surface area contributed by atoms with Crippen molar-refractivity contribution >= 4 is 5.91 Å². The van der Waals surface area contributed by atoms with Gasteiger partial charge in [0.15, 0.2) is 11.4 Å². The second kappa shape index (κ2) is 5.64. The maximum Gasteiger partial charge on any atom is 0.276 e. The number of aliphatic hydroxyl groups excluding tert-OH is 1. The van der Waals surface area contributed by atoms with Crippen LogP contribution in [0.2, 0.25) is 0 Å². The van der Waals surface area contributed by atoms with Gasteiger partial charge in [0.05, 0.1) is 19.3 Å². The van der Waals surface area contributed by atoms with Gasteiger partial charge < -0.3 is 14.7 Å². The van der Waals surface area contributed by atoms with E-state index in [2.05, 4.69) is 4.98 Å². The predicted octanol–water partition coefficient (Wildman–Crippen LogP) is 1.63. The van der Waals surface area contributed by atoms with Crippen molar-refractivity contribution in [3.63, 3.8) is 0 Å². The van der Waals surface area contributed by atoms with Crippen LogP contribution in [0.1, 0.15) is 35.9 Å². The Labute approximate surface area is 124 Å².